The minimum atomic E-state index is 0.360. The van der Waals surface area contributed by atoms with Gasteiger partial charge < -0.3 is 9.47 Å². The van der Waals surface area contributed by atoms with Crippen molar-refractivity contribution in [3.8, 4) is 11.5 Å². The molecule has 3 rings (SSSR count). The first-order valence-corrected chi connectivity index (χ1v) is 4.51. The van der Waals surface area contributed by atoms with E-state index in [4.69, 9.17) is 9.47 Å². The van der Waals surface area contributed by atoms with E-state index in [1.807, 2.05) is 24.3 Å². The third kappa shape index (κ3) is 2.67. The Morgan fingerprint density at radius 1 is 0.800 bits per heavy atom. The molecule has 76 valence electrons. The predicted molar refractivity (Wildman–Crippen MR) is 54.6 cm³/mol. The Morgan fingerprint density at radius 2 is 1.27 bits per heavy atom. The summed E-state index contributed by atoms with van der Waals surface area (Å²) in [6.45, 7) is 0.360. The number of ether oxygens (including phenoxy) is 2. The topological polar surface area (TPSA) is 44.2 Å². The second kappa shape index (κ2) is 4.95. The molecule has 0 N–H and O–H groups in total. The highest BCUT2D eigenvalue weighted by atomic mass is 16.7. The molecular weight excluding hydrogens is 192 g/mol. The molecule has 4 heteroatoms. The van der Waals surface area contributed by atoms with Crippen LogP contribution in [0.25, 0.3) is 0 Å². The molecule has 0 amide bonds. The van der Waals surface area contributed by atoms with E-state index in [1.165, 1.54) is 0 Å². The third-order valence-electron chi connectivity index (χ3n) is 1.76. The molecule has 4 nitrogen and oxygen atoms in total. The Balaban J connectivity index is 0.000000124. The molecule has 2 heterocycles. The van der Waals surface area contributed by atoms with E-state index in [-0.39, 0.29) is 0 Å². The van der Waals surface area contributed by atoms with Gasteiger partial charge in [0.15, 0.2) is 11.5 Å². The van der Waals surface area contributed by atoms with Crippen molar-refractivity contribution in [2.75, 3.05) is 6.79 Å². The van der Waals surface area contributed by atoms with Crippen LogP contribution < -0.4 is 9.47 Å². The van der Waals surface area contributed by atoms with Gasteiger partial charge in [0, 0.05) is 24.8 Å². The van der Waals surface area contributed by atoms with Gasteiger partial charge in [0.25, 0.3) is 0 Å². The molecule has 0 spiro atoms. The van der Waals surface area contributed by atoms with Crippen LogP contribution in [0.2, 0.25) is 0 Å². The highest BCUT2D eigenvalue weighted by molar-refractivity contribution is 5.40. The standard InChI is InChI=1S/C7H6O2.C4H4N2/c1-2-4-7-6(3-1)8-5-9-7;1-2-6-4-3-5-1/h1-4H,5H2;1-4H. The lowest BCUT2D eigenvalue weighted by molar-refractivity contribution is 0.174. The Hall–Kier alpha value is -2.10. The molecule has 1 aromatic heterocycles. The molecule has 2 aromatic rings. The van der Waals surface area contributed by atoms with E-state index in [2.05, 4.69) is 9.97 Å². The van der Waals surface area contributed by atoms with Gasteiger partial charge in [-0.25, -0.2) is 0 Å². The average Bonchev–Trinajstić information content (AvgIpc) is 2.80. The van der Waals surface area contributed by atoms with Crippen LogP contribution in [0, 0.1) is 0 Å². The fraction of sp³-hybridized carbons (Fsp3) is 0.0909. The van der Waals surface area contributed by atoms with Crippen molar-refractivity contribution in [1.82, 2.24) is 9.97 Å². The molecule has 0 saturated carbocycles. The lowest BCUT2D eigenvalue weighted by Gasteiger charge is -1.89. The average molecular weight is 202 g/mol. The van der Waals surface area contributed by atoms with E-state index in [1.54, 1.807) is 24.8 Å². The summed E-state index contributed by atoms with van der Waals surface area (Å²) in [5.74, 6) is 1.69. The van der Waals surface area contributed by atoms with Crippen molar-refractivity contribution in [3.05, 3.63) is 49.1 Å². The SMILES string of the molecule is c1ccc2c(c1)OCO2.c1cnccn1. The fourth-order valence-corrected chi connectivity index (χ4v) is 1.10. The Bertz CT molecular complexity index is 357. The first-order chi connectivity index (χ1) is 7.47. The van der Waals surface area contributed by atoms with Crippen molar-refractivity contribution in [2.24, 2.45) is 0 Å². The molecule has 1 aliphatic rings. The maximum Gasteiger partial charge on any atom is 0.231 e. The van der Waals surface area contributed by atoms with Crippen LogP contribution in [0.4, 0.5) is 0 Å². The molecule has 0 fully saturated rings. The number of hydrogen-bond acceptors (Lipinski definition) is 4. The van der Waals surface area contributed by atoms with Crippen LogP contribution in [-0.2, 0) is 0 Å². The zero-order valence-corrected chi connectivity index (χ0v) is 8.04. The third-order valence-corrected chi connectivity index (χ3v) is 1.76. The molecule has 0 aliphatic carbocycles. The molecule has 0 saturated heterocycles. The quantitative estimate of drug-likeness (QED) is 0.654. The van der Waals surface area contributed by atoms with E-state index in [9.17, 15) is 0 Å². The van der Waals surface area contributed by atoms with Gasteiger partial charge >= 0.3 is 0 Å². The van der Waals surface area contributed by atoms with Gasteiger partial charge in [0.05, 0.1) is 0 Å². The zero-order chi connectivity index (χ0) is 10.3. The summed E-state index contributed by atoms with van der Waals surface area (Å²) in [6.07, 6.45) is 6.56. The van der Waals surface area contributed by atoms with Gasteiger partial charge in [-0.3, -0.25) is 9.97 Å². The monoisotopic (exact) mass is 202 g/mol. The van der Waals surface area contributed by atoms with Crippen LogP contribution in [0.15, 0.2) is 49.1 Å². The summed E-state index contributed by atoms with van der Waals surface area (Å²) < 4.78 is 10.2. The zero-order valence-electron chi connectivity index (χ0n) is 8.04. The number of rotatable bonds is 0. The number of para-hydroxylation sites is 2. The van der Waals surface area contributed by atoms with E-state index < -0.39 is 0 Å². The van der Waals surface area contributed by atoms with Gasteiger partial charge in [-0.05, 0) is 12.1 Å². The van der Waals surface area contributed by atoms with Crippen LogP contribution >= 0.6 is 0 Å². The van der Waals surface area contributed by atoms with Crippen LogP contribution in [-0.4, -0.2) is 16.8 Å². The first kappa shape index (κ1) is 9.45. The maximum absolute atomic E-state index is 5.08. The highest BCUT2D eigenvalue weighted by Crippen LogP contribution is 2.30. The van der Waals surface area contributed by atoms with Gasteiger partial charge in [-0.1, -0.05) is 12.1 Å². The van der Waals surface area contributed by atoms with Crippen LogP contribution in [0.5, 0.6) is 11.5 Å². The van der Waals surface area contributed by atoms with Crippen molar-refractivity contribution in [3.63, 3.8) is 0 Å². The number of aromatic nitrogens is 2. The normalized spacial score (nSPS) is 11.5. The molecule has 0 bridgehead atoms. The minimum Gasteiger partial charge on any atom is -0.454 e. The molecule has 0 radical (unpaired) electrons. The first-order valence-electron chi connectivity index (χ1n) is 4.51. The summed E-state index contributed by atoms with van der Waals surface area (Å²) in [4.78, 5) is 7.44. The summed E-state index contributed by atoms with van der Waals surface area (Å²) in [5.41, 5.74) is 0. The maximum atomic E-state index is 5.08. The highest BCUT2D eigenvalue weighted by Gasteiger charge is 2.09. The summed E-state index contributed by atoms with van der Waals surface area (Å²) >= 11 is 0. The van der Waals surface area contributed by atoms with E-state index in [0.29, 0.717) is 6.79 Å². The fourth-order valence-electron chi connectivity index (χ4n) is 1.10. The number of hydrogen-bond donors (Lipinski definition) is 0. The van der Waals surface area contributed by atoms with Gasteiger partial charge in [-0.2, -0.15) is 0 Å². The molecule has 1 aliphatic heterocycles. The van der Waals surface area contributed by atoms with Gasteiger partial charge in [0.1, 0.15) is 0 Å². The molecular formula is C11H10N2O2. The number of fused-ring (bicyclic) bond motifs is 1. The number of benzene rings is 1. The largest absolute Gasteiger partial charge is 0.454 e. The second-order valence-corrected chi connectivity index (χ2v) is 2.75. The Kier molecular flexibility index (Phi) is 3.12. The summed E-state index contributed by atoms with van der Waals surface area (Å²) in [6, 6.07) is 7.63. The van der Waals surface area contributed by atoms with E-state index >= 15 is 0 Å². The van der Waals surface area contributed by atoms with Gasteiger partial charge in [-0.15, -0.1) is 0 Å². The van der Waals surface area contributed by atoms with E-state index in [0.717, 1.165) is 11.5 Å². The van der Waals surface area contributed by atoms with Crippen LogP contribution in [0.1, 0.15) is 0 Å². The lowest BCUT2D eigenvalue weighted by Crippen LogP contribution is -1.92. The van der Waals surface area contributed by atoms with Crippen molar-refractivity contribution in [2.45, 2.75) is 0 Å². The Labute approximate surface area is 87.5 Å². The molecule has 15 heavy (non-hydrogen) atoms. The minimum absolute atomic E-state index is 0.360. The second-order valence-electron chi connectivity index (χ2n) is 2.75. The molecule has 0 atom stereocenters. The summed E-state index contributed by atoms with van der Waals surface area (Å²) in [7, 11) is 0. The molecule has 1 aromatic carbocycles. The van der Waals surface area contributed by atoms with Crippen LogP contribution in [0.3, 0.4) is 0 Å². The summed E-state index contributed by atoms with van der Waals surface area (Å²) in [5, 5.41) is 0. The van der Waals surface area contributed by atoms with Crippen molar-refractivity contribution < 1.29 is 9.47 Å². The van der Waals surface area contributed by atoms with Gasteiger partial charge in [0.2, 0.25) is 6.79 Å². The molecule has 0 unspecified atom stereocenters. The van der Waals surface area contributed by atoms with Crippen molar-refractivity contribution >= 4 is 0 Å². The predicted octanol–water partition coefficient (Wildman–Crippen LogP) is 1.89. The smallest absolute Gasteiger partial charge is 0.231 e. The lowest BCUT2D eigenvalue weighted by atomic mass is 10.3. The Morgan fingerprint density at radius 3 is 1.67 bits per heavy atom. The number of nitrogens with zero attached hydrogens (tertiary/aromatic N) is 2. The van der Waals surface area contributed by atoms with Crippen molar-refractivity contribution in [1.29, 1.82) is 0 Å².